The number of carboxylic acids is 1. The summed E-state index contributed by atoms with van der Waals surface area (Å²) < 4.78 is 0. The van der Waals surface area contributed by atoms with Crippen molar-refractivity contribution in [2.45, 2.75) is 39.2 Å². The highest BCUT2D eigenvalue weighted by atomic mass is 16.4. The number of aliphatic carboxylic acids is 1. The predicted molar refractivity (Wildman–Crippen MR) is 54.3 cm³/mol. The van der Waals surface area contributed by atoms with Crippen LogP contribution in [0.3, 0.4) is 0 Å². The van der Waals surface area contributed by atoms with Crippen molar-refractivity contribution in [2.24, 2.45) is 11.3 Å². The van der Waals surface area contributed by atoms with Gasteiger partial charge >= 0.3 is 5.97 Å². The van der Waals surface area contributed by atoms with E-state index in [2.05, 4.69) is 13.8 Å². The molecule has 0 aromatic rings. The fourth-order valence-corrected chi connectivity index (χ4v) is 2.01. The molecular weight excluding hydrogens is 194 g/mol. The highest BCUT2D eigenvalue weighted by Crippen LogP contribution is 2.53. The molecule has 0 unspecified atom stereocenters. The average molecular weight is 211 g/mol. The van der Waals surface area contributed by atoms with E-state index >= 15 is 0 Å². The number of carbonyl (C=O) groups excluding carboxylic acids is 1. The number of rotatable bonds is 4. The minimum atomic E-state index is -0.909. The maximum atomic E-state index is 12.0. The Hall–Kier alpha value is -1.06. The molecule has 0 bridgehead atoms. The van der Waals surface area contributed by atoms with Crippen LogP contribution in [0.5, 0.6) is 0 Å². The SMILES string of the molecule is CC1(C)C[C@@H]1C(=O)N(CC(=O)O)C1CC1. The Labute approximate surface area is 89.3 Å². The number of amides is 1. The van der Waals surface area contributed by atoms with E-state index in [1.807, 2.05) is 0 Å². The molecule has 2 aliphatic carbocycles. The minimum Gasteiger partial charge on any atom is -0.480 e. The molecule has 2 fully saturated rings. The summed E-state index contributed by atoms with van der Waals surface area (Å²) in [6.45, 7) is 3.99. The third-order valence-electron chi connectivity index (χ3n) is 3.39. The molecule has 1 N–H and O–H groups in total. The molecule has 4 nitrogen and oxygen atoms in total. The smallest absolute Gasteiger partial charge is 0.323 e. The van der Waals surface area contributed by atoms with E-state index in [-0.39, 0.29) is 29.8 Å². The summed E-state index contributed by atoms with van der Waals surface area (Å²) in [6.07, 6.45) is 2.83. The van der Waals surface area contributed by atoms with Crippen LogP contribution in [0, 0.1) is 11.3 Å². The fraction of sp³-hybridized carbons (Fsp3) is 0.818. The first kappa shape index (κ1) is 10.5. The van der Waals surface area contributed by atoms with Gasteiger partial charge in [-0.25, -0.2) is 0 Å². The van der Waals surface area contributed by atoms with E-state index in [0.717, 1.165) is 19.3 Å². The summed E-state index contributed by atoms with van der Waals surface area (Å²) >= 11 is 0. The first-order chi connectivity index (χ1) is 6.92. The molecule has 1 atom stereocenters. The van der Waals surface area contributed by atoms with Crippen molar-refractivity contribution in [1.82, 2.24) is 4.90 Å². The summed E-state index contributed by atoms with van der Waals surface area (Å²) in [4.78, 5) is 24.2. The molecule has 84 valence electrons. The first-order valence-electron chi connectivity index (χ1n) is 5.44. The number of carboxylic acid groups (broad SMARTS) is 1. The van der Waals surface area contributed by atoms with Crippen molar-refractivity contribution in [3.8, 4) is 0 Å². The van der Waals surface area contributed by atoms with Crippen molar-refractivity contribution < 1.29 is 14.7 Å². The van der Waals surface area contributed by atoms with Crippen LogP contribution in [0.1, 0.15) is 33.1 Å². The average Bonchev–Trinajstić information content (AvgIpc) is 2.96. The molecule has 2 aliphatic rings. The van der Waals surface area contributed by atoms with Crippen LogP contribution in [0.4, 0.5) is 0 Å². The summed E-state index contributed by atoms with van der Waals surface area (Å²) in [5.74, 6) is -0.809. The lowest BCUT2D eigenvalue weighted by atomic mass is 10.1. The zero-order chi connectivity index (χ0) is 11.2. The quantitative estimate of drug-likeness (QED) is 0.757. The Kier molecular flexibility index (Phi) is 2.24. The second-order valence-electron chi connectivity index (χ2n) is 5.34. The van der Waals surface area contributed by atoms with E-state index in [4.69, 9.17) is 5.11 Å². The van der Waals surface area contributed by atoms with Crippen LogP contribution >= 0.6 is 0 Å². The minimum absolute atomic E-state index is 0.0462. The van der Waals surface area contributed by atoms with Gasteiger partial charge in [-0.15, -0.1) is 0 Å². The molecule has 0 heterocycles. The van der Waals surface area contributed by atoms with Gasteiger partial charge in [0.05, 0.1) is 0 Å². The molecule has 0 radical (unpaired) electrons. The van der Waals surface area contributed by atoms with Gasteiger partial charge in [0, 0.05) is 12.0 Å². The molecule has 0 aromatic carbocycles. The third kappa shape index (κ3) is 2.13. The topological polar surface area (TPSA) is 57.6 Å². The molecular formula is C11H17NO3. The van der Waals surface area contributed by atoms with Gasteiger partial charge in [-0.1, -0.05) is 13.8 Å². The van der Waals surface area contributed by atoms with Crippen molar-refractivity contribution in [3.05, 3.63) is 0 Å². The maximum Gasteiger partial charge on any atom is 0.323 e. The molecule has 2 rings (SSSR count). The Morgan fingerprint density at radius 2 is 1.93 bits per heavy atom. The normalized spacial score (nSPS) is 27.2. The van der Waals surface area contributed by atoms with Crippen LogP contribution < -0.4 is 0 Å². The fourth-order valence-electron chi connectivity index (χ4n) is 2.01. The van der Waals surface area contributed by atoms with Crippen LogP contribution in [-0.2, 0) is 9.59 Å². The Balaban J connectivity index is 1.99. The van der Waals surface area contributed by atoms with Gasteiger partial charge in [-0.2, -0.15) is 0 Å². The first-order valence-corrected chi connectivity index (χ1v) is 5.44. The van der Waals surface area contributed by atoms with Gasteiger partial charge in [0.2, 0.25) is 5.91 Å². The Bertz CT molecular complexity index is 307. The molecule has 4 heteroatoms. The standard InChI is InChI=1S/C11H17NO3/c1-11(2)5-8(11)10(15)12(6-9(13)14)7-3-4-7/h7-8H,3-6H2,1-2H3,(H,13,14)/t8-/m1/s1. The second kappa shape index (κ2) is 3.22. The van der Waals surface area contributed by atoms with Crippen LogP contribution in [-0.4, -0.2) is 34.5 Å². The van der Waals surface area contributed by atoms with Gasteiger partial charge in [0.15, 0.2) is 0 Å². The van der Waals surface area contributed by atoms with Gasteiger partial charge in [0.25, 0.3) is 0 Å². The van der Waals surface area contributed by atoms with E-state index < -0.39 is 5.97 Å². The molecule has 0 aromatic heterocycles. The Morgan fingerprint density at radius 3 is 2.27 bits per heavy atom. The molecule has 0 aliphatic heterocycles. The van der Waals surface area contributed by atoms with Crippen LogP contribution in [0.25, 0.3) is 0 Å². The highest BCUT2D eigenvalue weighted by Gasteiger charge is 2.53. The zero-order valence-corrected chi connectivity index (χ0v) is 9.19. The van der Waals surface area contributed by atoms with E-state index in [1.165, 1.54) is 0 Å². The van der Waals surface area contributed by atoms with Gasteiger partial charge in [0.1, 0.15) is 6.54 Å². The molecule has 0 saturated heterocycles. The predicted octanol–water partition coefficient (Wildman–Crippen LogP) is 1.11. The summed E-state index contributed by atoms with van der Waals surface area (Å²) in [7, 11) is 0. The summed E-state index contributed by atoms with van der Waals surface area (Å²) in [5.41, 5.74) is 0.0860. The maximum absolute atomic E-state index is 12.0. The molecule has 1 amide bonds. The largest absolute Gasteiger partial charge is 0.480 e. The molecule has 2 saturated carbocycles. The lowest BCUT2D eigenvalue weighted by Gasteiger charge is -2.21. The summed E-state index contributed by atoms with van der Waals surface area (Å²) in [5, 5.41) is 8.75. The van der Waals surface area contributed by atoms with E-state index in [0.29, 0.717) is 0 Å². The second-order valence-corrected chi connectivity index (χ2v) is 5.34. The van der Waals surface area contributed by atoms with Gasteiger partial charge in [-0.3, -0.25) is 9.59 Å². The lowest BCUT2D eigenvalue weighted by Crippen LogP contribution is -2.39. The van der Waals surface area contributed by atoms with Crippen LogP contribution in [0.15, 0.2) is 0 Å². The highest BCUT2D eigenvalue weighted by molar-refractivity contribution is 5.86. The number of nitrogens with zero attached hydrogens (tertiary/aromatic N) is 1. The van der Waals surface area contributed by atoms with Gasteiger partial charge in [-0.05, 0) is 24.7 Å². The number of carbonyl (C=O) groups is 2. The van der Waals surface area contributed by atoms with E-state index in [1.54, 1.807) is 4.90 Å². The van der Waals surface area contributed by atoms with E-state index in [9.17, 15) is 9.59 Å². The third-order valence-corrected chi connectivity index (χ3v) is 3.39. The lowest BCUT2D eigenvalue weighted by molar-refractivity contribution is -0.145. The molecule has 0 spiro atoms. The Morgan fingerprint density at radius 1 is 1.40 bits per heavy atom. The number of hydrogen-bond donors (Lipinski definition) is 1. The monoisotopic (exact) mass is 211 g/mol. The molecule has 15 heavy (non-hydrogen) atoms. The van der Waals surface area contributed by atoms with Crippen molar-refractivity contribution in [3.63, 3.8) is 0 Å². The van der Waals surface area contributed by atoms with Crippen molar-refractivity contribution in [1.29, 1.82) is 0 Å². The van der Waals surface area contributed by atoms with Crippen molar-refractivity contribution in [2.75, 3.05) is 6.54 Å². The zero-order valence-electron chi connectivity index (χ0n) is 9.19. The summed E-state index contributed by atoms with van der Waals surface area (Å²) in [6, 6.07) is 0.199. The van der Waals surface area contributed by atoms with Gasteiger partial charge < -0.3 is 10.0 Å². The number of hydrogen-bond acceptors (Lipinski definition) is 2. The van der Waals surface area contributed by atoms with Crippen molar-refractivity contribution >= 4 is 11.9 Å². The van der Waals surface area contributed by atoms with Crippen LogP contribution in [0.2, 0.25) is 0 Å².